The molecule has 0 aliphatic heterocycles. The van der Waals surface area contributed by atoms with Crippen LogP contribution in [0.15, 0.2) is 30.8 Å². The third-order valence-corrected chi connectivity index (χ3v) is 2.64. The van der Waals surface area contributed by atoms with Gasteiger partial charge in [-0.3, -0.25) is 9.59 Å². The van der Waals surface area contributed by atoms with Crippen LogP contribution in [-0.2, 0) is 20.7 Å². The largest absolute Gasteiger partial charge is 0.481 e. The van der Waals surface area contributed by atoms with Crippen molar-refractivity contribution in [1.29, 1.82) is 0 Å². The van der Waals surface area contributed by atoms with Crippen LogP contribution in [0.2, 0.25) is 0 Å². The molecule has 0 bridgehead atoms. The van der Waals surface area contributed by atoms with Crippen LogP contribution in [0.4, 0.5) is 0 Å². The summed E-state index contributed by atoms with van der Waals surface area (Å²) >= 11 is 0. The number of benzene rings is 1. The highest BCUT2D eigenvalue weighted by Gasteiger charge is 2.31. The number of hydrogen-bond acceptors (Lipinski definition) is 3. The lowest BCUT2D eigenvalue weighted by molar-refractivity contribution is -0.166. The van der Waals surface area contributed by atoms with E-state index in [0.717, 1.165) is 11.1 Å². The molecule has 0 heterocycles. The zero-order valence-electron chi connectivity index (χ0n) is 12.1. The molecule has 0 aliphatic carbocycles. The number of carboxylic acid groups (broad SMARTS) is 1. The summed E-state index contributed by atoms with van der Waals surface area (Å²) in [5.41, 5.74) is 1.02. The molecule has 0 fully saturated rings. The van der Waals surface area contributed by atoms with Gasteiger partial charge in [-0.2, -0.15) is 0 Å². The molecule has 1 aromatic carbocycles. The van der Waals surface area contributed by atoms with Crippen LogP contribution in [0.5, 0.6) is 0 Å². The molecule has 1 unspecified atom stereocenters. The van der Waals surface area contributed by atoms with E-state index in [4.69, 9.17) is 4.74 Å². The fraction of sp³-hybridized carbons (Fsp3) is 0.375. The fourth-order valence-corrected chi connectivity index (χ4v) is 1.67. The first-order chi connectivity index (χ1) is 9.23. The van der Waals surface area contributed by atoms with Crippen LogP contribution < -0.4 is 0 Å². The van der Waals surface area contributed by atoms with Crippen molar-refractivity contribution in [2.45, 2.75) is 32.8 Å². The lowest BCUT2D eigenvalue weighted by atomic mass is 9.98. The van der Waals surface area contributed by atoms with Gasteiger partial charge in [0.2, 0.25) is 0 Å². The van der Waals surface area contributed by atoms with Crippen molar-refractivity contribution in [1.82, 2.24) is 0 Å². The van der Waals surface area contributed by atoms with Gasteiger partial charge in [-0.15, -0.1) is 0 Å². The maximum absolute atomic E-state index is 11.9. The second kappa shape index (κ2) is 6.37. The predicted molar refractivity (Wildman–Crippen MR) is 77.2 cm³/mol. The van der Waals surface area contributed by atoms with Gasteiger partial charge >= 0.3 is 11.9 Å². The van der Waals surface area contributed by atoms with E-state index in [1.165, 1.54) is 0 Å². The third-order valence-electron chi connectivity index (χ3n) is 2.64. The quantitative estimate of drug-likeness (QED) is 0.663. The Hall–Kier alpha value is -2.10. The number of aliphatic carboxylic acids is 1. The summed E-state index contributed by atoms with van der Waals surface area (Å²) in [6, 6.07) is 7.24. The van der Waals surface area contributed by atoms with E-state index in [0.29, 0.717) is 0 Å². The van der Waals surface area contributed by atoms with Gasteiger partial charge in [0.15, 0.2) is 5.92 Å². The second-order valence-electron chi connectivity index (χ2n) is 5.57. The monoisotopic (exact) mass is 276 g/mol. The minimum Gasteiger partial charge on any atom is -0.481 e. The average Bonchev–Trinajstić information content (AvgIpc) is 2.34. The van der Waals surface area contributed by atoms with E-state index in [9.17, 15) is 14.7 Å². The zero-order chi connectivity index (χ0) is 15.3. The number of rotatable bonds is 5. The van der Waals surface area contributed by atoms with Crippen molar-refractivity contribution in [2.24, 2.45) is 5.92 Å². The number of hydrogen-bond donors (Lipinski definition) is 1. The highest BCUT2D eigenvalue weighted by atomic mass is 16.6. The number of ether oxygens (including phenoxy) is 1. The van der Waals surface area contributed by atoms with E-state index in [2.05, 4.69) is 6.58 Å². The first-order valence-electron chi connectivity index (χ1n) is 6.40. The lowest BCUT2D eigenvalue weighted by Gasteiger charge is -2.22. The molecule has 0 saturated carbocycles. The van der Waals surface area contributed by atoms with E-state index in [1.54, 1.807) is 39.0 Å². The number of carboxylic acids is 1. The van der Waals surface area contributed by atoms with E-state index >= 15 is 0 Å². The van der Waals surface area contributed by atoms with Crippen molar-refractivity contribution in [3.05, 3.63) is 42.0 Å². The van der Waals surface area contributed by atoms with Crippen LogP contribution in [0.25, 0.3) is 6.08 Å². The molecule has 1 rings (SSSR count). The Morgan fingerprint density at radius 3 is 2.25 bits per heavy atom. The summed E-state index contributed by atoms with van der Waals surface area (Å²) in [6.07, 6.45) is 1.81. The second-order valence-corrected chi connectivity index (χ2v) is 5.57. The minimum atomic E-state index is -1.19. The molecule has 4 nitrogen and oxygen atoms in total. The van der Waals surface area contributed by atoms with Crippen LogP contribution in [0.1, 0.15) is 31.9 Å². The first-order valence-corrected chi connectivity index (χ1v) is 6.40. The predicted octanol–water partition coefficient (Wildman–Crippen LogP) is 2.91. The van der Waals surface area contributed by atoms with Crippen molar-refractivity contribution < 1.29 is 19.4 Å². The fourth-order valence-electron chi connectivity index (χ4n) is 1.67. The zero-order valence-corrected chi connectivity index (χ0v) is 12.1. The summed E-state index contributed by atoms with van der Waals surface area (Å²) in [5.74, 6) is -3.08. The molecule has 1 N–H and O–H groups in total. The normalized spacial score (nSPS) is 12.6. The van der Waals surface area contributed by atoms with Crippen LogP contribution in [0.3, 0.4) is 0 Å². The molecule has 108 valence electrons. The topological polar surface area (TPSA) is 63.6 Å². The van der Waals surface area contributed by atoms with Gasteiger partial charge in [0.1, 0.15) is 5.60 Å². The Labute approximate surface area is 119 Å². The molecule has 0 spiro atoms. The summed E-state index contributed by atoms with van der Waals surface area (Å²) in [5, 5.41) is 9.19. The van der Waals surface area contributed by atoms with Crippen LogP contribution >= 0.6 is 0 Å². The van der Waals surface area contributed by atoms with E-state index in [1.807, 2.05) is 12.1 Å². The summed E-state index contributed by atoms with van der Waals surface area (Å²) in [6.45, 7) is 8.78. The smallest absolute Gasteiger partial charge is 0.321 e. The minimum absolute atomic E-state index is 0.113. The molecule has 0 amide bonds. The van der Waals surface area contributed by atoms with Gasteiger partial charge in [0.05, 0.1) is 0 Å². The Morgan fingerprint density at radius 2 is 1.85 bits per heavy atom. The van der Waals surface area contributed by atoms with Gasteiger partial charge in [0, 0.05) is 0 Å². The molecular formula is C16H20O4. The van der Waals surface area contributed by atoms with Crippen molar-refractivity contribution >= 4 is 18.0 Å². The van der Waals surface area contributed by atoms with Crippen LogP contribution in [0, 0.1) is 5.92 Å². The number of carbonyl (C=O) groups is 2. The summed E-state index contributed by atoms with van der Waals surface area (Å²) in [7, 11) is 0. The highest BCUT2D eigenvalue weighted by Crippen LogP contribution is 2.16. The first kappa shape index (κ1) is 16.0. The van der Waals surface area contributed by atoms with Crippen molar-refractivity contribution in [3.63, 3.8) is 0 Å². The Morgan fingerprint density at radius 1 is 1.30 bits per heavy atom. The average molecular weight is 276 g/mol. The van der Waals surface area contributed by atoms with E-state index < -0.39 is 23.5 Å². The van der Waals surface area contributed by atoms with Gasteiger partial charge in [-0.25, -0.2) is 0 Å². The number of esters is 1. The summed E-state index contributed by atoms with van der Waals surface area (Å²) < 4.78 is 5.14. The molecule has 1 atom stereocenters. The van der Waals surface area contributed by atoms with Gasteiger partial charge in [-0.05, 0) is 38.3 Å². The molecular weight excluding hydrogens is 256 g/mol. The molecule has 0 aliphatic rings. The van der Waals surface area contributed by atoms with Gasteiger partial charge < -0.3 is 9.84 Å². The van der Waals surface area contributed by atoms with Crippen LogP contribution in [-0.4, -0.2) is 22.6 Å². The standard InChI is InChI=1S/C16H20O4/c1-5-11-6-8-12(9-7-11)10-13(14(17)18)15(19)20-16(2,3)4/h5-9,13H,1,10H2,2-4H3,(H,17,18). The maximum Gasteiger partial charge on any atom is 0.321 e. The Balaban J connectivity index is 2.83. The maximum atomic E-state index is 11.9. The van der Waals surface area contributed by atoms with Gasteiger partial charge in [0.25, 0.3) is 0 Å². The van der Waals surface area contributed by atoms with Gasteiger partial charge in [-0.1, -0.05) is 36.9 Å². The molecule has 0 aromatic heterocycles. The molecule has 20 heavy (non-hydrogen) atoms. The van der Waals surface area contributed by atoms with E-state index in [-0.39, 0.29) is 6.42 Å². The van der Waals surface area contributed by atoms with Crippen molar-refractivity contribution in [3.8, 4) is 0 Å². The molecule has 1 aromatic rings. The SMILES string of the molecule is C=Cc1ccc(CC(C(=O)O)C(=O)OC(C)(C)C)cc1. The molecule has 4 heteroatoms. The molecule has 0 radical (unpaired) electrons. The highest BCUT2D eigenvalue weighted by molar-refractivity contribution is 5.94. The number of carbonyl (C=O) groups excluding carboxylic acids is 1. The third kappa shape index (κ3) is 4.88. The Bertz CT molecular complexity index is 494. The lowest BCUT2D eigenvalue weighted by Crippen LogP contribution is -2.33. The van der Waals surface area contributed by atoms with Crippen molar-refractivity contribution in [2.75, 3.05) is 0 Å². The molecule has 0 saturated heterocycles. The Kier molecular flexibility index (Phi) is 5.08. The summed E-state index contributed by atoms with van der Waals surface area (Å²) in [4.78, 5) is 23.1.